The first-order valence-corrected chi connectivity index (χ1v) is 7.41. The Morgan fingerprint density at radius 3 is 2.84 bits per heavy atom. The molecule has 0 spiro atoms. The summed E-state index contributed by atoms with van der Waals surface area (Å²) in [6, 6.07) is 0. The van der Waals surface area contributed by atoms with Crippen LogP contribution in [0.2, 0.25) is 0 Å². The highest BCUT2D eigenvalue weighted by molar-refractivity contribution is 5.82. The Hall–Kier alpha value is -0.450. The summed E-state index contributed by atoms with van der Waals surface area (Å²) in [5.74, 6) is 0.576. The molecule has 0 amide bonds. The van der Waals surface area contributed by atoms with Gasteiger partial charge in [-0.25, -0.2) is 0 Å². The molecule has 1 aliphatic heterocycles. The summed E-state index contributed by atoms with van der Waals surface area (Å²) in [7, 11) is 0. The molecule has 1 heterocycles. The monoisotopic (exact) mass is 269 g/mol. The Bertz CT molecular complexity index is 329. The van der Waals surface area contributed by atoms with Gasteiger partial charge in [-0.15, -0.1) is 0 Å². The number of nitrogens with zero attached hydrogens (tertiary/aromatic N) is 1. The van der Waals surface area contributed by atoms with Gasteiger partial charge in [-0.1, -0.05) is 13.8 Å². The minimum atomic E-state index is -0.101. The van der Waals surface area contributed by atoms with Gasteiger partial charge in [-0.3, -0.25) is 9.69 Å². The maximum absolute atomic E-state index is 12.1. The van der Waals surface area contributed by atoms with Crippen LogP contribution < -0.4 is 0 Å². The van der Waals surface area contributed by atoms with E-state index in [1.54, 1.807) is 0 Å². The molecular weight excluding hydrogens is 242 g/mol. The lowest BCUT2D eigenvalue weighted by Gasteiger charge is -2.40. The fourth-order valence-electron chi connectivity index (χ4n) is 3.42. The second kappa shape index (κ2) is 5.90. The molecule has 4 nitrogen and oxygen atoms in total. The zero-order valence-corrected chi connectivity index (χ0v) is 12.4. The van der Waals surface area contributed by atoms with Gasteiger partial charge in [-0.05, 0) is 25.2 Å². The van der Waals surface area contributed by atoms with Gasteiger partial charge in [0.1, 0.15) is 5.78 Å². The lowest BCUT2D eigenvalue weighted by Crippen LogP contribution is -2.50. The van der Waals surface area contributed by atoms with Crippen LogP contribution in [0.3, 0.4) is 0 Å². The van der Waals surface area contributed by atoms with Crippen LogP contribution >= 0.6 is 0 Å². The number of ether oxygens (including phenoxy) is 1. The van der Waals surface area contributed by atoms with Gasteiger partial charge in [0.2, 0.25) is 0 Å². The zero-order valence-electron chi connectivity index (χ0n) is 12.4. The number of carbonyl (C=O) groups excluding carboxylic acids is 1. The molecular formula is C15H27NO3. The Morgan fingerprint density at radius 2 is 2.16 bits per heavy atom. The van der Waals surface area contributed by atoms with E-state index < -0.39 is 0 Å². The molecule has 3 atom stereocenters. The number of hydrogen-bond acceptors (Lipinski definition) is 4. The van der Waals surface area contributed by atoms with Crippen molar-refractivity contribution >= 4 is 5.78 Å². The first-order chi connectivity index (χ1) is 8.89. The Balaban J connectivity index is 1.93. The van der Waals surface area contributed by atoms with Crippen molar-refractivity contribution < 1.29 is 14.6 Å². The highest BCUT2D eigenvalue weighted by Gasteiger charge is 2.36. The second-order valence-corrected chi connectivity index (χ2v) is 7.00. The molecule has 1 aliphatic carbocycles. The molecule has 19 heavy (non-hydrogen) atoms. The predicted molar refractivity (Wildman–Crippen MR) is 74.0 cm³/mol. The third-order valence-corrected chi connectivity index (χ3v) is 4.39. The van der Waals surface area contributed by atoms with Crippen LogP contribution in [0, 0.1) is 11.3 Å². The van der Waals surface area contributed by atoms with E-state index >= 15 is 0 Å². The number of aliphatic hydroxyl groups is 1. The Kier molecular flexibility index (Phi) is 4.64. The van der Waals surface area contributed by atoms with Crippen molar-refractivity contribution in [3.63, 3.8) is 0 Å². The first kappa shape index (κ1) is 14.9. The standard InChI is InChI=1S/C15H27NO3/c1-11-7-16(9-13(10-17)19-11)8-12-6-15(2,3)5-4-14(12)18/h11-13,17H,4-10H2,1-3H3. The largest absolute Gasteiger partial charge is 0.394 e. The van der Waals surface area contributed by atoms with Crippen LogP contribution in [0.25, 0.3) is 0 Å². The third kappa shape index (κ3) is 4.01. The van der Waals surface area contributed by atoms with Crippen LogP contribution in [-0.4, -0.2) is 54.2 Å². The van der Waals surface area contributed by atoms with Crippen LogP contribution in [0.15, 0.2) is 0 Å². The number of Topliss-reactive ketones (excluding diaryl/α,β-unsaturated/α-hetero) is 1. The molecule has 2 rings (SSSR count). The Labute approximate surface area is 116 Å². The lowest BCUT2D eigenvalue weighted by atomic mass is 9.71. The lowest BCUT2D eigenvalue weighted by molar-refractivity contribution is -0.131. The van der Waals surface area contributed by atoms with Crippen LogP contribution in [-0.2, 0) is 9.53 Å². The maximum Gasteiger partial charge on any atom is 0.137 e. The molecule has 3 unspecified atom stereocenters. The van der Waals surface area contributed by atoms with E-state index in [1.165, 1.54) is 0 Å². The van der Waals surface area contributed by atoms with Crippen molar-refractivity contribution in [1.82, 2.24) is 4.90 Å². The summed E-state index contributed by atoms with van der Waals surface area (Å²) in [4.78, 5) is 14.4. The number of ketones is 1. The number of morpholine rings is 1. The number of aliphatic hydroxyl groups excluding tert-OH is 1. The zero-order chi connectivity index (χ0) is 14.0. The van der Waals surface area contributed by atoms with Gasteiger partial charge in [-0.2, -0.15) is 0 Å². The van der Waals surface area contributed by atoms with E-state index in [4.69, 9.17) is 4.74 Å². The molecule has 1 saturated heterocycles. The molecule has 1 saturated carbocycles. The summed E-state index contributed by atoms with van der Waals surface area (Å²) >= 11 is 0. The normalized spacial score (nSPS) is 36.4. The Morgan fingerprint density at radius 1 is 1.42 bits per heavy atom. The fourth-order valence-corrected chi connectivity index (χ4v) is 3.42. The molecule has 0 aromatic heterocycles. The average molecular weight is 269 g/mol. The van der Waals surface area contributed by atoms with Crippen LogP contribution in [0.5, 0.6) is 0 Å². The van der Waals surface area contributed by atoms with Gasteiger partial charge < -0.3 is 9.84 Å². The molecule has 0 radical (unpaired) electrons. The molecule has 1 N–H and O–H groups in total. The van der Waals surface area contributed by atoms with Crippen molar-refractivity contribution in [2.24, 2.45) is 11.3 Å². The maximum atomic E-state index is 12.1. The van der Waals surface area contributed by atoms with Gasteiger partial charge in [0, 0.05) is 32.0 Å². The molecule has 2 fully saturated rings. The van der Waals surface area contributed by atoms with Gasteiger partial charge in [0.15, 0.2) is 0 Å². The number of carbonyl (C=O) groups is 1. The number of hydrogen-bond donors (Lipinski definition) is 1. The quantitative estimate of drug-likeness (QED) is 0.843. The van der Waals surface area contributed by atoms with Crippen molar-refractivity contribution in [3.8, 4) is 0 Å². The topological polar surface area (TPSA) is 49.8 Å². The van der Waals surface area contributed by atoms with Gasteiger partial charge >= 0.3 is 0 Å². The summed E-state index contributed by atoms with van der Waals surface area (Å²) in [5, 5.41) is 9.25. The third-order valence-electron chi connectivity index (χ3n) is 4.39. The molecule has 0 aromatic carbocycles. The van der Waals surface area contributed by atoms with Crippen molar-refractivity contribution in [1.29, 1.82) is 0 Å². The van der Waals surface area contributed by atoms with Gasteiger partial charge in [0.05, 0.1) is 18.8 Å². The van der Waals surface area contributed by atoms with Crippen LogP contribution in [0.1, 0.15) is 40.0 Å². The minimum Gasteiger partial charge on any atom is -0.394 e. The molecule has 4 heteroatoms. The SMILES string of the molecule is CC1CN(CC2CC(C)(C)CCC2=O)CC(CO)O1. The van der Waals surface area contributed by atoms with E-state index in [-0.39, 0.29) is 30.1 Å². The first-order valence-electron chi connectivity index (χ1n) is 7.41. The van der Waals surface area contributed by atoms with Crippen LogP contribution in [0.4, 0.5) is 0 Å². The highest BCUT2D eigenvalue weighted by atomic mass is 16.5. The van der Waals surface area contributed by atoms with E-state index in [0.29, 0.717) is 5.78 Å². The van der Waals surface area contributed by atoms with Gasteiger partial charge in [0.25, 0.3) is 0 Å². The van der Waals surface area contributed by atoms with E-state index in [2.05, 4.69) is 18.7 Å². The summed E-state index contributed by atoms with van der Waals surface area (Å²) in [5.41, 5.74) is 0.285. The highest BCUT2D eigenvalue weighted by Crippen LogP contribution is 2.37. The van der Waals surface area contributed by atoms with E-state index in [1.807, 2.05) is 6.92 Å². The minimum absolute atomic E-state index is 0.0605. The second-order valence-electron chi connectivity index (χ2n) is 7.00. The number of rotatable bonds is 3. The summed E-state index contributed by atoms with van der Waals surface area (Å²) in [6.07, 6.45) is 2.76. The average Bonchev–Trinajstić information content (AvgIpc) is 2.33. The van der Waals surface area contributed by atoms with Crippen molar-refractivity contribution in [2.45, 2.75) is 52.2 Å². The van der Waals surface area contributed by atoms with E-state index in [0.717, 1.165) is 38.9 Å². The van der Waals surface area contributed by atoms with Crippen molar-refractivity contribution in [2.75, 3.05) is 26.2 Å². The predicted octanol–water partition coefficient (Wildman–Crippen LogP) is 1.46. The molecule has 110 valence electrons. The molecule has 0 bridgehead atoms. The molecule has 2 aliphatic rings. The van der Waals surface area contributed by atoms with E-state index in [9.17, 15) is 9.90 Å². The molecule has 0 aromatic rings. The van der Waals surface area contributed by atoms with Crippen molar-refractivity contribution in [3.05, 3.63) is 0 Å². The fraction of sp³-hybridized carbons (Fsp3) is 0.933. The smallest absolute Gasteiger partial charge is 0.137 e. The summed E-state index contributed by atoms with van der Waals surface area (Å²) < 4.78 is 5.65. The summed E-state index contributed by atoms with van der Waals surface area (Å²) in [6.45, 7) is 9.03.